The maximum atomic E-state index is 13.1. The standard InChI is InChI=1S/C35H41F2N3O4S/c1-4-18-40-24-38-25(3)32(40)23-45-31-14-10-29(11-15-31)39-34(41)17-9-28-22-27(8-16-33(28)44-35(36)37)26-6-12-30(13-7-26)43-21-20-42-19-5-2/h6-17,22,24,34-35,39,41H,4-5,18-21,23H2,1-3H3/b17-9+. The number of aliphatic hydroxyl groups excluding tert-OH is 1. The number of imidazole rings is 1. The van der Waals surface area contributed by atoms with Gasteiger partial charge in [0.2, 0.25) is 0 Å². The van der Waals surface area contributed by atoms with Crippen molar-refractivity contribution in [1.29, 1.82) is 0 Å². The summed E-state index contributed by atoms with van der Waals surface area (Å²) in [5.74, 6) is 1.55. The van der Waals surface area contributed by atoms with Gasteiger partial charge in [0.05, 0.1) is 24.3 Å². The number of hydrogen-bond acceptors (Lipinski definition) is 7. The minimum absolute atomic E-state index is 0.0149. The first-order valence-electron chi connectivity index (χ1n) is 15.1. The number of benzene rings is 3. The van der Waals surface area contributed by atoms with Gasteiger partial charge in [-0.05, 0) is 85.5 Å². The Morgan fingerprint density at radius 3 is 2.42 bits per heavy atom. The van der Waals surface area contributed by atoms with E-state index >= 15 is 0 Å². The van der Waals surface area contributed by atoms with E-state index in [1.807, 2.05) is 61.8 Å². The summed E-state index contributed by atoms with van der Waals surface area (Å²) in [4.78, 5) is 5.54. The fourth-order valence-electron chi connectivity index (χ4n) is 4.61. The normalized spacial score (nSPS) is 12.2. The van der Waals surface area contributed by atoms with Crippen LogP contribution in [0.15, 0.2) is 84.0 Å². The lowest BCUT2D eigenvalue weighted by atomic mass is 10.0. The number of ether oxygens (including phenoxy) is 3. The molecule has 240 valence electrons. The largest absolute Gasteiger partial charge is 0.491 e. The maximum absolute atomic E-state index is 13.1. The predicted octanol–water partition coefficient (Wildman–Crippen LogP) is 8.41. The van der Waals surface area contributed by atoms with Gasteiger partial charge in [0.15, 0.2) is 0 Å². The Balaban J connectivity index is 1.37. The molecule has 0 saturated carbocycles. The molecule has 0 saturated heterocycles. The lowest BCUT2D eigenvalue weighted by Gasteiger charge is -2.13. The SMILES string of the molecule is CCCOCCOc1ccc(-c2ccc(OC(F)F)c(/C=C/C(O)Nc3ccc(SCc4c(C)ncn4CCC)cc3)c2)cc1. The quantitative estimate of drug-likeness (QED) is 0.0644. The second kappa shape index (κ2) is 17.6. The molecular weight excluding hydrogens is 596 g/mol. The van der Waals surface area contributed by atoms with E-state index in [4.69, 9.17) is 14.2 Å². The summed E-state index contributed by atoms with van der Waals surface area (Å²) < 4.78 is 44.4. The van der Waals surface area contributed by atoms with Crippen LogP contribution in [0, 0.1) is 6.92 Å². The molecule has 45 heavy (non-hydrogen) atoms. The van der Waals surface area contributed by atoms with Crippen LogP contribution in [0.25, 0.3) is 17.2 Å². The zero-order valence-corrected chi connectivity index (χ0v) is 26.7. The second-order valence-electron chi connectivity index (χ2n) is 10.3. The number of aryl methyl sites for hydroxylation is 2. The fourth-order valence-corrected chi connectivity index (χ4v) is 5.62. The molecule has 0 aliphatic carbocycles. The molecule has 4 aromatic rings. The lowest BCUT2D eigenvalue weighted by Crippen LogP contribution is -2.15. The van der Waals surface area contributed by atoms with Crippen LogP contribution in [0.3, 0.4) is 0 Å². The van der Waals surface area contributed by atoms with E-state index in [0.717, 1.165) is 52.5 Å². The van der Waals surface area contributed by atoms with Crippen LogP contribution in [0.5, 0.6) is 11.5 Å². The van der Waals surface area contributed by atoms with E-state index < -0.39 is 12.8 Å². The average molecular weight is 638 g/mol. The van der Waals surface area contributed by atoms with Gasteiger partial charge in [-0.15, -0.1) is 11.8 Å². The number of nitrogens with one attached hydrogen (secondary N) is 1. The topological polar surface area (TPSA) is 77.8 Å². The van der Waals surface area contributed by atoms with E-state index in [0.29, 0.717) is 31.1 Å². The van der Waals surface area contributed by atoms with E-state index in [2.05, 4.69) is 28.7 Å². The van der Waals surface area contributed by atoms with Crippen molar-refractivity contribution in [1.82, 2.24) is 9.55 Å². The minimum Gasteiger partial charge on any atom is -0.491 e. The third kappa shape index (κ3) is 10.6. The third-order valence-corrected chi connectivity index (χ3v) is 7.90. The molecule has 1 heterocycles. The van der Waals surface area contributed by atoms with Gasteiger partial charge in [0.1, 0.15) is 24.3 Å². The molecule has 1 atom stereocenters. The molecule has 0 aliphatic heterocycles. The lowest BCUT2D eigenvalue weighted by molar-refractivity contribution is -0.0499. The second-order valence-corrected chi connectivity index (χ2v) is 11.4. The molecule has 0 radical (unpaired) electrons. The summed E-state index contributed by atoms with van der Waals surface area (Å²) in [6, 6.07) is 20.3. The molecule has 10 heteroatoms. The van der Waals surface area contributed by atoms with Gasteiger partial charge < -0.3 is 29.2 Å². The molecule has 7 nitrogen and oxygen atoms in total. The van der Waals surface area contributed by atoms with E-state index in [1.165, 1.54) is 17.8 Å². The molecule has 0 amide bonds. The number of halogens is 2. The predicted molar refractivity (Wildman–Crippen MR) is 177 cm³/mol. The number of rotatable bonds is 18. The van der Waals surface area contributed by atoms with Crippen molar-refractivity contribution in [2.75, 3.05) is 25.1 Å². The molecule has 0 fully saturated rings. The number of hydrogen-bond donors (Lipinski definition) is 2. The van der Waals surface area contributed by atoms with Gasteiger partial charge >= 0.3 is 6.61 Å². The Morgan fingerprint density at radius 2 is 1.71 bits per heavy atom. The van der Waals surface area contributed by atoms with Gasteiger partial charge in [-0.3, -0.25) is 0 Å². The highest BCUT2D eigenvalue weighted by Crippen LogP contribution is 2.30. The van der Waals surface area contributed by atoms with Crippen LogP contribution in [0.2, 0.25) is 0 Å². The minimum atomic E-state index is -2.98. The van der Waals surface area contributed by atoms with Crippen LogP contribution in [-0.4, -0.2) is 47.3 Å². The van der Waals surface area contributed by atoms with E-state index in [9.17, 15) is 13.9 Å². The highest BCUT2D eigenvalue weighted by atomic mass is 32.2. The zero-order valence-electron chi connectivity index (χ0n) is 25.9. The fraction of sp³-hybridized carbons (Fsp3) is 0.343. The van der Waals surface area contributed by atoms with Gasteiger partial charge in [0.25, 0.3) is 0 Å². The average Bonchev–Trinajstić information content (AvgIpc) is 3.38. The number of alkyl halides is 2. The third-order valence-electron chi connectivity index (χ3n) is 6.88. The number of aromatic nitrogens is 2. The van der Waals surface area contributed by atoms with Crippen molar-refractivity contribution in [2.24, 2.45) is 0 Å². The Morgan fingerprint density at radius 1 is 0.956 bits per heavy atom. The number of anilines is 1. The van der Waals surface area contributed by atoms with Crippen molar-refractivity contribution in [3.8, 4) is 22.6 Å². The maximum Gasteiger partial charge on any atom is 0.387 e. The molecule has 4 rings (SSSR count). The summed E-state index contributed by atoms with van der Waals surface area (Å²) in [5, 5.41) is 13.7. The van der Waals surface area contributed by atoms with E-state index in [1.54, 1.807) is 30.0 Å². The van der Waals surface area contributed by atoms with Crippen molar-refractivity contribution < 1.29 is 28.1 Å². The van der Waals surface area contributed by atoms with Crippen LogP contribution in [0.1, 0.15) is 43.6 Å². The Labute approximate surface area is 268 Å². The molecule has 0 aliphatic rings. The number of nitrogens with zero attached hydrogens (tertiary/aromatic N) is 2. The number of thioether (sulfide) groups is 1. The Hall–Kier alpha value is -3.86. The highest BCUT2D eigenvalue weighted by molar-refractivity contribution is 7.98. The van der Waals surface area contributed by atoms with Gasteiger partial charge in [-0.1, -0.05) is 38.1 Å². The van der Waals surface area contributed by atoms with E-state index in [-0.39, 0.29) is 5.75 Å². The summed E-state index contributed by atoms with van der Waals surface area (Å²) in [6.45, 7) is 5.89. The zero-order chi connectivity index (χ0) is 32.0. The van der Waals surface area contributed by atoms with Crippen LogP contribution < -0.4 is 14.8 Å². The summed E-state index contributed by atoms with van der Waals surface area (Å²) in [5.41, 5.74) is 5.08. The van der Waals surface area contributed by atoms with Gasteiger partial charge in [0, 0.05) is 35.1 Å². The first kappa shape index (κ1) is 34.0. The van der Waals surface area contributed by atoms with Crippen molar-refractivity contribution >= 4 is 23.5 Å². The molecule has 1 unspecified atom stereocenters. The molecule has 3 aromatic carbocycles. The molecule has 1 aromatic heterocycles. The van der Waals surface area contributed by atoms with Crippen LogP contribution in [0.4, 0.5) is 14.5 Å². The van der Waals surface area contributed by atoms with Crippen molar-refractivity contribution in [2.45, 2.75) is 63.6 Å². The summed E-state index contributed by atoms with van der Waals surface area (Å²) >= 11 is 1.73. The Bertz CT molecular complexity index is 1490. The number of aliphatic hydroxyl groups is 1. The highest BCUT2D eigenvalue weighted by Gasteiger charge is 2.12. The molecule has 2 N–H and O–H groups in total. The Kier molecular flexibility index (Phi) is 13.3. The molecule has 0 spiro atoms. The van der Waals surface area contributed by atoms with Gasteiger partial charge in [-0.25, -0.2) is 4.98 Å². The summed E-state index contributed by atoms with van der Waals surface area (Å²) in [6.07, 6.45) is 5.92. The van der Waals surface area contributed by atoms with Gasteiger partial charge in [-0.2, -0.15) is 8.78 Å². The van der Waals surface area contributed by atoms with Crippen LogP contribution >= 0.6 is 11.8 Å². The smallest absolute Gasteiger partial charge is 0.387 e. The monoisotopic (exact) mass is 637 g/mol. The molecule has 0 bridgehead atoms. The van der Waals surface area contributed by atoms with Crippen molar-refractivity contribution in [3.05, 3.63) is 96.1 Å². The van der Waals surface area contributed by atoms with Crippen LogP contribution in [-0.2, 0) is 17.0 Å². The first-order valence-corrected chi connectivity index (χ1v) is 16.1. The van der Waals surface area contributed by atoms with Crippen molar-refractivity contribution in [3.63, 3.8) is 0 Å². The molecular formula is C35H41F2N3O4S. The summed E-state index contributed by atoms with van der Waals surface area (Å²) in [7, 11) is 0. The first-order chi connectivity index (χ1) is 21.9.